The molecule has 0 aliphatic heterocycles. The first-order valence-electron chi connectivity index (χ1n) is 6.52. The van der Waals surface area contributed by atoms with Gasteiger partial charge in [0.25, 0.3) is 0 Å². The molecule has 2 N–H and O–H groups in total. The number of nitrogens with one attached hydrogen (secondary N) is 1. The van der Waals surface area contributed by atoms with E-state index >= 15 is 0 Å². The van der Waals surface area contributed by atoms with Gasteiger partial charge in [-0.05, 0) is 12.8 Å². The molecule has 1 fully saturated rings. The Labute approximate surface area is 121 Å². The summed E-state index contributed by atoms with van der Waals surface area (Å²) in [5, 5.41) is 11.6. The Bertz CT molecular complexity index is 428. The van der Waals surface area contributed by atoms with Crippen LogP contribution < -0.4 is 5.32 Å². The molecule has 0 heterocycles. The predicted octanol–water partition coefficient (Wildman–Crippen LogP) is -0.436. The van der Waals surface area contributed by atoms with Crippen LogP contribution in [0.5, 0.6) is 0 Å². The number of rotatable bonds is 7. The van der Waals surface area contributed by atoms with Crippen molar-refractivity contribution in [3.63, 3.8) is 0 Å². The Morgan fingerprint density at radius 3 is 1.90 bits per heavy atom. The lowest BCUT2D eigenvalue weighted by molar-refractivity contribution is -0.163. The maximum atomic E-state index is 11.7. The van der Waals surface area contributed by atoms with E-state index in [4.69, 9.17) is 0 Å². The molecule has 0 unspecified atom stereocenters. The first-order valence-corrected chi connectivity index (χ1v) is 6.52. The molecule has 0 radical (unpaired) electrons. The van der Waals surface area contributed by atoms with Crippen molar-refractivity contribution in [1.82, 2.24) is 5.32 Å². The van der Waals surface area contributed by atoms with E-state index in [-0.39, 0.29) is 11.8 Å². The molecule has 1 saturated carbocycles. The van der Waals surface area contributed by atoms with Crippen LogP contribution in [0.15, 0.2) is 0 Å². The maximum Gasteiger partial charge on any atom is 0.326 e. The molecule has 1 amide bonds. The number of aliphatic carboxylic acids is 1. The van der Waals surface area contributed by atoms with Crippen molar-refractivity contribution < 1.29 is 33.8 Å². The van der Waals surface area contributed by atoms with Crippen molar-refractivity contribution in [3.8, 4) is 0 Å². The number of hydrogen-bond donors (Lipinski definition) is 2. The molecule has 8 heteroatoms. The van der Waals surface area contributed by atoms with Crippen LogP contribution in [-0.2, 0) is 28.7 Å². The zero-order chi connectivity index (χ0) is 16.2. The molecule has 0 saturated heterocycles. The zero-order valence-corrected chi connectivity index (χ0v) is 12.1. The second kappa shape index (κ2) is 7.05. The quantitative estimate of drug-likeness (QED) is 0.483. The average molecular weight is 301 g/mol. The summed E-state index contributed by atoms with van der Waals surface area (Å²) in [6.45, 7) is 1.38. The summed E-state index contributed by atoms with van der Waals surface area (Å²) in [5.41, 5.74) is 0. The van der Waals surface area contributed by atoms with Crippen molar-refractivity contribution in [2.75, 3.05) is 14.2 Å². The second-order valence-corrected chi connectivity index (χ2v) is 4.98. The lowest BCUT2D eigenvalue weighted by Gasteiger charge is -2.26. The van der Waals surface area contributed by atoms with Crippen LogP contribution in [-0.4, -0.2) is 49.2 Å². The summed E-state index contributed by atoms with van der Waals surface area (Å²) in [5.74, 6) is -6.13. The molecule has 0 aromatic rings. The third kappa shape index (κ3) is 4.17. The van der Waals surface area contributed by atoms with Crippen LogP contribution in [0.4, 0.5) is 0 Å². The number of hydrogen-bond acceptors (Lipinski definition) is 6. The van der Waals surface area contributed by atoms with E-state index in [2.05, 4.69) is 14.8 Å². The fourth-order valence-electron chi connectivity index (χ4n) is 2.01. The van der Waals surface area contributed by atoms with E-state index < -0.39 is 35.8 Å². The Kier molecular flexibility index (Phi) is 5.69. The fraction of sp³-hybridized carbons (Fsp3) is 0.692. The highest BCUT2D eigenvalue weighted by atomic mass is 16.5. The van der Waals surface area contributed by atoms with Gasteiger partial charge >= 0.3 is 17.9 Å². The van der Waals surface area contributed by atoms with Crippen LogP contribution in [0.25, 0.3) is 0 Å². The monoisotopic (exact) mass is 301 g/mol. The van der Waals surface area contributed by atoms with Gasteiger partial charge in [-0.3, -0.25) is 14.4 Å². The number of carbonyl (C=O) groups is 4. The maximum absolute atomic E-state index is 11.7. The molecule has 1 aliphatic rings. The highest BCUT2D eigenvalue weighted by molar-refractivity contribution is 5.96. The first kappa shape index (κ1) is 16.9. The predicted molar refractivity (Wildman–Crippen MR) is 69.0 cm³/mol. The number of esters is 2. The van der Waals surface area contributed by atoms with E-state index in [9.17, 15) is 24.3 Å². The highest BCUT2D eigenvalue weighted by Gasteiger charge is 2.43. The molecule has 0 bridgehead atoms. The van der Waals surface area contributed by atoms with Gasteiger partial charge in [0.05, 0.1) is 14.2 Å². The molecule has 2 atom stereocenters. The van der Waals surface area contributed by atoms with Gasteiger partial charge in [0.15, 0.2) is 5.92 Å². The Hall–Kier alpha value is -2.12. The number of carbonyl (C=O) groups excluding carboxylic acids is 3. The molecular weight excluding hydrogens is 282 g/mol. The Balaban J connectivity index is 2.91. The summed E-state index contributed by atoms with van der Waals surface area (Å²) >= 11 is 0. The van der Waals surface area contributed by atoms with E-state index in [0.717, 1.165) is 14.2 Å². The van der Waals surface area contributed by atoms with Crippen LogP contribution in [0.1, 0.15) is 19.8 Å². The van der Waals surface area contributed by atoms with Crippen LogP contribution in [0, 0.1) is 17.8 Å². The lowest BCUT2D eigenvalue weighted by Crippen LogP contribution is -2.50. The van der Waals surface area contributed by atoms with Gasteiger partial charge in [-0.15, -0.1) is 0 Å². The third-order valence-electron chi connectivity index (χ3n) is 3.47. The number of carboxylic acid groups (broad SMARTS) is 1. The number of ether oxygens (including phenoxy) is 2. The Morgan fingerprint density at radius 2 is 1.57 bits per heavy atom. The minimum Gasteiger partial charge on any atom is -0.480 e. The second-order valence-electron chi connectivity index (χ2n) is 4.98. The van der Waals surface area contributed by atoms with E-state index in [1.54, 1.807) is 0 Å². The van der Waals surface area contributed by atoms with Gasteiger partial charge in [0.1, 0.15) is 6.04 Å². The third-order valence-corrected chi connectivity index (χ3v) is 3.47. The summed E-state index contributed by atoms with van der Waals surface area (Å²) in [4.78, 5) is 46.4. The molecule has 1 aliphatic carbocycles. The summed E-state index contributed by atoms with van der Waals surface area (Å²) in [7, 11) is 2.17. The van der Waals surface area contributed by atoms with E-state index in [1.165, 1.54) is 6.92 Å². The summed E-state index contributed by atoms with van der Waals surface area (Å²) < 4.78 is 9.01. The number of methoxy groups -OCH3 is 2. The zero-order valence-electron chi connectivity index (χ0n) is 12.1. The topological polar surface area (TPSA) is 119 Å². The SMILES string of the molecule is COC(=O)C(C(=O)OC)[C@@H](C)[C@H](NC(=O)C1CC1)C(=O)O. The minimum atomic E-state index is -1.42. The molecule has 0 spiro atoms. The number of carboxylic acids is 1. The van der Waals surface area contributed by atoms with Gasteiger partial charge < -0.3 is 19.9 Å². The molecule has 0 aromatic heterocycles. The summed E-state index contributed by atoms with van der Waals surface area (Å²) in [6, 6.07) is -1.37. The molecule has 8 nitrogen and oxygen atoms in total. The van der Waals surface area contributed by atoms with Gasteiger partial charge in [-0.1, -0.05) is 6.92 Å². The molecule has 118 valence electrons. The van der Waals surface area contributed by atoms with Gasteiger partial charge in [0.2, 0.25) is 5.91 Å². The van der Waals surface area contributed by atoms with Crippen molar-refractivity contribution in [1.29, 1.82) is 0 Å². The molecule has 0 aromatic carbocycles. The average Bonchev–Trinajstić information content (AvgIpc) is 3.27. The van der Waals surface area contributed by atoms with Crippen LogP contribution >= 0.6 is 0 Å². The smallest absolute Gasteiger partial charge is 0.326 e. The van der Waals surface area contributed by atoms with Crippen molar-refractivity contribution in [3.05, 3.63) is 0 Å². The van der Waals surface area contributed by atoms with Gasteiger partial charge in [-0.25, -0.2) is 4.79 Å². The van der Waals surface area contributed by atoms with Crippen LogP contribution in [0.3, 0.4) is 0 Å². The minimum absolute atomic E-state index is 0.186. The molecular formula is C13H19NO7. The largest absolute Gasteiger partial charge is 0.480 e. The van der Waals surface area contributed by atoms with Crippen molar-refractivity contribution in [2.24, 2.45) is 17.8 Å². The number of amides is 1. The van der Waals surface area contributed by atoms with Gasteiger partial charge in [0, 0.05) is 11.8 Å². The lowest BCUT2D eigenvalue weighted by atomic mass is 9.87. The Morgan fingerprint density at radius 1 is 1.10 bits per heavy atom. The van der Waals surface area contributed by atoms with E-state index in [1.807, 2.05) is 0 Å². The first-order chi connectivity index (χ1) is 9.83. The van der Waals surface area contributed by atoms with Crippen molar-refractivity contribution >= 4 is 23.8 Å². The van der Waals surface area contributed by atoms with E-state index in [0.29, 0.717) is 12.8 Å². The highest BCUT2D eigenvalue weighted by Crippen LogP contribution is 2.29. The molecule has 21 heavy (non-hydrogen) atoms. The van der Waals surface area contributed by atoms with Crippen LogP contribution in [0.2, 0.25) is 0 Å². The standard InChI is InChI=1S/C13H19NO7/c1-6(8(12(18)20-2)13(19)21-3)9(11(16)17)14-10(15)7-4-5-7/h6-9H,4-5H2,1-3H3,(H,14,15)(H,16,17)/t6-,9+/m1/s1. The normalized spacial score (nSPS) is 16.8. The van der Waals surface area contributed by atoms with Gasteiger partial charge in [-0.2, -0.15) is 0 Å². The fourth-order valence-corrected chi connectivity index (χ4v) is 2.01. The summed E-state index contributed by atoms with van der Waals surface area (Å²) in [6.07, 6.45) is 1.42. The molecule has 1 rings (SSSR count). The van der Waals surface area contributed by atoms with Crippen molar-refractivity contribution in [2.45, 2.75) is 25.8 Å².